The van der Waals surface area contributed by atoms with E-state index >= 15 is 0 Å². The summed E-state index contributed by atoms with van der Waals surface area (Å²) in [5, 5.41) is 17.6. The van der Waals surface area contributed by atoms with Crippen LogP contribution in [0.1, 0.15) is 5.69 Å². The van der Waals surface area contributed by atoms with Gasteiger partial charge in [-0.05, 0) is 12.1 Å². The standard InChI is InChI=1S/C11H15N3O2/c1-16-7-5-14(4-6-15)11-3-2-10(8-12)13-9-11/h2-3,9,15H,4-7H2,1H3. The molecule has 0 aromatic carbocycles. The average Bonchev–Trinajstić information content (AvgIpc) is 2.35. The maximum Gasteiger partial charge on any atom is 0.140 e. The molecule has 0 bridgehead atoms. The lowest BCUT2D eigenvalue weighted by molar-refractivity contribution is 0.203. The maximum atomic E-state index is 8.94. The van der Waals surface area contributed by atoms with E-state index in [1.165, 1.54) is 0 Å². The van der Waals surface area contributed by atoms with Gasteiger partial charge >= 0.3 is 0 Å². The van der Waals surface area contributed by atoms with Gasteiger partial charge in [0.25, 0.3) is 0 Å². The van der Waals surface area contributed by atoms with Crippen LogP contribution >= 0.6 is 0 Å². The van der Waals surface area contributed by atoms with Gasteiger partial charge in [-0.15, -0.1) is 0 Å². The Morgan fingerprint density at radius 1 is 1.50 bits per heavy atom. The minimum Gasteiger partial charge on any atom is -0.395 e. The molecule has 86 valence electrons. The highest BCUT2D eigenvalue weighted by molar-refractivity contribution is 5.45. The Morgan fingerprint density at radius 2 is 2.31 bits per heavy atom. The summed E-state index contributed by atoms with van der Waals surface area (Å²) in [7, 11) is 1.63. The van der Waals surface area contributed by atoms with Crippen LogP contribution in [-0.2, 0) is 4.74 Å². The van der Waals surface area contributed by atoms with E-state index in [9.17, 15) is 0 Å². The fraction of sp³-hybridized carbons (Fsp3) is 0.455. The van der Waals surface area contributed by atoms with Crippen molar-refractivity contribution in [3.05, 3.63) is 24.0 Å². The van der Waals surface area contributed by atoms with Gasteiger partial charge in [-0.25, -0.2) is 4.98 Å². The zero-order valence-corrected chi connectivity index (χ0v) is 9.26. The molecule has 0 aliphatic heterocycles. The van der Waals surface area contributed by atoms with Crippen molar-refractivity contribution in [1.82, 2.24) is 4.98 Å². The summed E-state index contributed by atoms with van der Waals surface area (Å²) in [6.07, 6.45) is 1.63. The van der Waals surface area contributed by atoms with Crippen molar-refractivity contribution >= 4 is 5.69 Å². The van der Waals surface area contributed by atoms with Gasteiger partial charge in [0.2, 0.25) is 0 Å². The highest BCUT2D eigenvalue weighted by Gasteiger charge is 2.05. The SMILES string of the molecule is COCCN(CCO)c1ccc(C#N)nc1. The zero-order valence-electron chi connectivity index (χ0n) is 9.26. The molecule has 1 aromatic rings. The third kappa shape index (κ3) is 3.50. The molecule has 5 nitrogen and oxygen atoms in total. The second-order valence-electron chi connectivity index (χ2n) is 3.22. The lowest BCUT2D eigenvalue weighted by Gasteiger charge is -2.22. The predicted octanol–water partition coefficient (Wildman–Crippen LogP) is 0.398. The van der Waals surface area contributed by atoms with Crippen LogP contribution in [-0.4, -0.2) is 43.5 Å². The van der Waals surface area contributed by atoms with Crippen molar-refractivity contribution in [3.63, 3.8) is 0 Å². The van der Waals surface area contributed by atoms with E-state index in [1.54, 1.807) is 19.4 Å². The van der Waals surface area contributed by atoms with Gasteiger partial charge in [-0.1, -0.05) is 0 Å². The second-order valence-corrected chi connectivity index (χ2v) is 3.22. The first-order valence-corrected chi connectivity index (χ1v) is 5.02. The van der Waals surface area contributed by atoms with E-state index in [-0.39, 0.29) is 6.61 Å². The fourth-order valence-corrected chi connectivity index (χ4v) is 1.33. The summed E-state index contributed by atoms with van der Waals surface area (Å²) >= 11 is 0. The maximum absolute atomic E-state index is 8.94. The van der Waals surface area contributed by atoms with Crippen molar-refractivity contribution in [2.75, 3.05) is 38.3 Å². The molecule has 0 atom stereocenters. The summed E-state index contributed by atoms with van der Waals surface area (Å²) in [4.78, 5) is 5.94. The molecule has 0 aliphatic carbocycles. The van der Waals surface area contributed by atoms with Gasteiger partial charge in [0.15, 0.2) is 0 Å². The number of hydrogen-bond donors (Lipinski definition) is 1. The van der Waals surface area contributed by atoms with Gasteiger partial charge in [0.05, 0.1) is 25.1 Å². The van der Waals surface area contributed by atoms with Crippen LogP contribution in [0, 0.1) is 11.3 Å². The summed E-state index contributed by atoms with van der Waals surface area (Å²) in [6.45, 7) is 1.87. The molecule has 1 rings (SSSR count). The van der Waals surface area contributed by atoms with Crippen molar-refractivity contribution in [2.24, 2.45) is 0 Å². The number of methoxy groups -OCH3 is 1. The molecule has 1 N–H and O–H groups in total. The molecule has 1 aromatic heterocycles. The van der Waals surface area contributed by atoms with Crippen molar-refractivity contribution < 1.29 is 9.84 Å². The van der Waals surface area contributed by atoms with Gasteiger partial charge < -0.3 is 14.7 Å². The highest BCUT2D eigenvalue weighted by Crippen LogP contribution is 2.12. The van der Waals surface area contributed by atoms with E-state index < -0.39 is 0 Å². The van der Waals surface area contributed by atoms with Crippen LogP contribution in [0.25, 0.3) is 0 Å². The lowest BCUT2D eigenvalue weighted by atomic mass is 10.3. The molecule has 5 heteroatoms. The molecule has 0 saturated carbocycles. The number of nitriles is 1. The number of ether oxygens (including phenoxy) is 1. The monoisotopic (exact) mass is 221 g/mol. The molecule has 16 heavy (non-hydrogen) atoms. The summed E-state index contributed by atoms with van der Waals surface area (Å²) in [5.41, 5.74) is 1.27. The normalized spacial score (nSPS) is 9.81. The molecular formula is C11H15N3O2. The number of hydrogen-bond acceptors (Lipinski definition) is 5. The molecule has 0 fully saturated rings. The van der Waals surface area contributed by atoms with Crippen LogP contribution in [0.15, 0.2) is 18.3 Å². The highest BCUT2D eigenvalue weighted by atomic mass is 16.5. The largest absolute Gasteiger partial charge is 0.395 e. The number of nitrogens with zero attached hydrogens (tertiary/aromatic N) is 3. The minimum atomic E-state index is 0.0731. The van der Waals surface area contributed by atoms with Gasteiger partial charge in [0, 0.05) is 20.2 Å². The predicted molar refractivity (Wildman–Crippen MR) is 60.1 cm³/mol. The molecule has 0 radical (unpaired) electrons. The molecule has 0 saturated heterocycles. The quantitative estimate of drug-likeness (QED) is 0.753. The number of rotatable bonds is 6. The van der Waals surface area contributed by atoms with Crippen molar-refractivity contribution in [3.8, 4) is 6.07 Å². The average molecular weight is 221 g/mol. The minimum absolute atomic E-state index is 0.0731. The van der Waals surface area contributed by atoms with Crippen molar-refractivity contribution in [2.45, 2.75) is 0 Å². The molecule has 0 spiro atoms. The number of pyridine rings is 1. The Balaban J connectivity index is 2.72. The van der Waals surface area contributed by atoms with Gasteiger partial charge in [-0.3, -0.25) is 0 Å². The third-order valence-corrected chi connectivity index (χ3v) is 2.16. The number of anilines is 1. The van der Waals surface area contributed by atoms with Crippen LogP contribution < -0.4 is 4.90 Å². The summed E-state index contributed by atoms with van der Waals surface area (Å²) < 4.78 is 4.99. The zero-order chi connectivity index (χ0) is 11.8. The first kappa shape index (κ1) is 12.4. The van der Waals surface area contributed by atoms with Crippen LogP contribution in [0.5, 0.6) is 0 Å². The van der Waals surface area contributed by atoms with Gasteiger partial charge in [0.1, 0.15) is 11.8 Å². The topological polar surface area (TPSA) is 69.4 Å². The lowest BCUT2D eigenvalue weighted by Crippen LogP contribution is -2.30. The smallest absolute Gasteiger partial charge is 0.140 e. The van der Waals surface area contributed by atoms with Crippen LogP contribution in [0.2, 0.25) is 0 Å². The van der Waals surface area contributed by atoms with E-state index in [1.807, 2.05) is 17.0 Å². The Hall–Kier alpha value is -1.64. The number of aliphatic hydroxyl groups is 1. The third-order valence-electron chi connectivity index (χ3n) is 2.16. The molecule has 0 amide bonds. The number of aliphatic hydroxyl groups excluding tert-OH is 1. The van der Waals surface area contributed by atoms with Gasteiger partial charge in [-0.2, -0.15) is 5.26 Å². The molecular weight excluding hydrogens is 206 g/mol. The Bertz CT molecular complexity index is 345. The Morgan fingerprint density at radius 3 is 2.81 bits per heavy atom. The fourth-order valence-electron chi connectivity index (χ4n) is 1.33. The van der Waals surface area contributed by atoms with Crippen molar-refractivity contribution in [1.29, 1.82) is 5.26 Å². The molecule has 1 heterocycles. The summed E-state index contributed by atoms with van der Waals surface area (Å²) in [5.74, 6) is 0. The summed E-state index contributed by atoms with van der Waals surface area (Å²) in [6, 6.07) is 5.44. The van der Waals surface area contributed by atoms with Crippen LogP contribution in [0.3, 0.4) is 0 Å². The van der Waals surface area contributed by atoms with E-state index in [0.717, 1.165) is 5.69 Å². The second kappa shape index (κ2) is 6.77. The van der Waals surface area contributed by atoms with E-state index in [2.05, 4.69) is 4.98 Å². The first-order valence-electron chi connectivity index (χ1n) is 5.02. The Kier molecular flexibility index (Phi) is 5.26. The first-order chi connectivity index (χ1) is 7.81. The number of aromatic nitrogens is 1. The van der Waals surface area contributed by atoms with E-state index in [0.29, 0.717) is 25.4 Å². The molecule has 0 aliphatic rings. The van der Waals surface area contributed by atoms with Crippen LogP contribution in [0.4, 0.5) is 5.69 Å². The van der Waals surface area contributed by atoms with E-state index in [4.69, 9.17) is 15.1 Å². The molecule has 0 unspecified atom stereocenters. The Labute approximate surface area is 94.9 Å².